The summed E-state index contributed by atoms with van der Waals surface area (Å²) >= 11 is 0. The van der Waals surface area contributed by atoms with E-state index in [1.807, 2.05) is 0 Å². The standard InChI is InChI=1S/C15H10N2O4/c16-8-12(6-10-4-5-21-9-10)14(18)17-13-3-1-2-11(7-13)15(19)20/h1-7,9H,(H,17,18)(H,19,20). The molecule has 6 nitrogen and oxygen atoms in total. The van der Waals surface area contributed by atoms with Gasteiger partial charge in [-0.3, -0.25) is 4.79 Å². The maximum atomic E-state index is 12.0. The Labute approximate surface area is 119 Å². The van der Waals surface area contributed by atoms with Gasteiger partial charge in [-0.25, -0.2) is 4.79 Å². The van der Waals surface area contributed by atoms with Crippen LogP contribution in [0.4, 0.5) is 5.69 Å². The van der Waals surface area contributed by atoms with Crippen LogP contribution >= 0.6 is 0 Å². The monoisotopic (exact) mass is 282 g/mol. The molecule has 1 heterocycles. The van der Waals surface area contributed by atoms with Crippen LogP contribution in [0.1, 0.15) is 15.9 Å². The number of nitrogens with zero attached hydrogens (tertiary/aromatic N) is 1. The summed E-state index contributed by atoms with van der Waals surface area (Å²) in [5, 5.41) is 20.4. The van der Waals surface area contributed by atoms with Crippen molar-refractivity contribution in [2.75, 3.05) is 5.32 Å². The molecule has 0 spiro atoms. The number of rotatable bonds is 4. The lowest BCUT2D eigenvalue weighted by atomic mass is 10.1. The Morgan fingerprint density at radius 3 is 2.76 bits per heavy atom. The fraction of sp³-hybridized carbons (Fsp3) is 0. The number of nitriles is 1. The van der Waals surface area contributed by atoms with E-state index < -0.39 is 11.9 Å². The third-order valence-corrected chi connectivity index (χ3v) is 2.59. The zero-order valence-corrected chi connectivity index (χ0v) is 10.7. The first-order valence-electron chi connectivity index (χ1n) is 5.89. The van der Waals surface area contributed by atoms with Crippen LogP contribution in [0, 0.1) is 11.3 Å². The molecule has 0 atom stereocenters. The molecule has 0 bridgehead atoms. The Kier molecular flexibility index (Phi) is 4.17. The van der Waals surface area contributed by atoms with Crippen molar-refractivity contribution < 1.29 is 19.1 Å². The Morgan fingerprint density at radius 1 is 1.33 bits per heavy atom. The zero-order chi connectivity index (χ0) is 15.2. The van der Waals surface area contributed by atoms with Crippen molar-refractivity contribution in [2.24, 2.45) is 0 Å². The molecule has 104 valence electrons. The maximum absolute atomic E-state index is 12.0. The summed E-state index contributed by atoms with van der Waals surface area (Å²) in [5.74, 6) is -1.72. The van der Waals surface area contributed by atoms with E-state index in [2.05, 4.69) is 5.32 Å². The summed E-state index contributed by atoms with van der Waals surface area (Å²) in [7, 11) is 0. The molecule has 0 saturated heterocycles. The summed E-state index contributed by atoms with van der Waals surface area (Å²) in [5.41, 5.74) is 0.816. The smallest absolute Gasteiger partial charge is 0.335 e. The number of aromatic carboxylic acids is 1. The highest BCUT2D eigenvalue weighted by Crippen LogP contribution is 2.13. The molecule has 2 rings (SSSR count). The highest BCUT2D eigenvalue weighted by Gasteiger charge is 2.11. The summed E-state index contributed by atoms with van der Waals surface area (Å²) in [6.07, 6.45) is 4.20. The summed E-state index contributed by atoms with van der Waals surface area (Å²) < 4.78 is 4.85. The number of hydrogen-bond donors (Lipinski definition) is 2. The van der Waals surface area contributed by atoms with Gasteiger partial charge < -0.3 is 14.8 Å². The largest absolute Gasteiger partial charge is 0.478 e. The molecule has 1 aromatic carbocycles. The van der Waals surface area contributed by atoms with Gasteiger partial charge in [-0.2, -0.15) is 5.26 Å². The first-order valence-corrected chi connectivity index (χ1v) is 5.89. The number of furan rings is 1. The number of hydrogen-bond acceptors (Lipinski definition) is 4. The normalized spacial score (nSPS) is 10.7. The quantitative estimate of drug-likeness (QED) is 0.662. The maximum Gasteiger partial charge on any atom is 0.335 e. The minimum absolute atomic E-state index is 0.0464. The molecule has 2 N–H and O–H groups in total. The Morgan fingerprint density at radius 2 is 2.14 bits per heavy atom. The Hall–Kier alpha value is -3.33. The van der Waals surface area contributed by atoms with Crippen LogP contribution in [0.5, 0.6) is 0 Å². The molecule has 0 fully saturated rings. The first-order chi connectivity index (χ1) is 10.1. The molecule has 1 aromatic heterocycles. The van der Waals surface area contributed by atoms with Crippen LogP contribution in [0.3, 0.4) is 0 Å². The van der Waals surface area contributed by atoms with Crippen LogP contribution < -0.4 is 5.32 Å². The lowest BCUT2D eigenvalue weighted by Crippen LogP contribution is -2.13. The fourth-order valence-corrected chi connectivity index (χ4v) is 1.60. The van der Waals surface area contributed by atoms with Crippen molar-refractivity contribution >= 4 is 23.6 Å². The fourth-order valence-electron chi connectivity index (χ4n) is 1.60. The van der Waals surface area contributed by atoms with Gasteiger partial charge in [-0.1, -0.05) is 6.07 Å². The zero-order valence-electron chi connectivity index (χ0n) is 10.7. The molecule has 1 amide bonds. The third kappa shape index (κ3) is 3.58. The van der Waals surface area contributed by atoms with Gasteiger partial charge in [-0.15, -0.1) is 0 Å². The average Bonchev–Trinajstić information content (AvgIpc) is 2.97. The van der Waals surface area contributed by atoms with Gasteiger partial charge in [0.1, 0.15) is 11.6 Å². The topological polar surface area (TPSA) is 103 Å². The van der Waals surface area contributed by atoms with Crippen molar-refractivity contribution in [3.63, 3.8) is 0 Å². The van der Waals surface area contributed by atoms with Gasteiger partial charge in [0, 0.05) is 11.3 Å². The van der Waals surface area contributed by atoms with E-state index in [4.69, 9.17) is 14.8 Å². The molecule has 6 heteroatoms. The van der Waals surface area contributed by atoms with Crippen molar-refractivity contribution in [1.29, 1.82) is 5.26 Å². The predicted molar refractivity (Wildman–Crippen MR) is 74.3 cm³/mol. The number of benzene rings is 1. The van der Waals surface area contributed by atoms with Gasteiger partial charge in [0.15, 0.2) is 0 Å². The number of anilines is 1. The predicted octanol–water partition coefficient (Wildman–Crippen LogP) is 2.52. The average molecular weight is 282 g/mol. The van der Waals surface area contributed by atoms with E-state index in [1.165, 1.54) is 42.9 Å². The van der Waals surface area contributed by atoms with Crippen LogP contribution in [0.25, 0.3) is 6.08 Å². The van der Waals surface area contributed by atoms with Crippen LogP contribution in [-0.4, -0.2) is 17.0 Å². The van der Waals surface area contributed by atoms with E-state index in [-0.39, 0.29) is 11.1 Å². The Balaban J connectivity index is 2.19. The van der Waals surface area contributed by atoms with Crippen molar-refractivity contribution in [1.82, 2.24) is 0 Å². The lowest BCUT2D eigenvalue weighted by molar-refractivity contribution is -0.112. The molecule has 2 aromatic rings. The number of carboxylic acid groups (broad SMARTS) is 1. The van der Waals surface area contributed by atoms with Gasteiger partial charge in [0.25, 0.3) is 5.91 Å². The van der Waals surface area contributed by atoms with Gasteiger partial charge in [0.05, 0.1) is 18.1 Å². The molecule has 0 unspecified atom stereocenters. The van der Waals surface area contributed by atoms with E-state index in [9.17, 15) is 9.59 Å². The van der Waals surface area contributed by atoms with Gasteiger partial charge >= 0.3 is 5.97 Å². The third-order valence-electron chi connectivity index (χ3n) is 2.59. The second-order valence-electron chi connectivity index (χ2n) is 4.07. The molecule has 0 aliphatic rings. The molecular formula is C15H10N2O4. The molecular weight excluding hydrogens is 272 g/mol. The van der Waals surface area contributed by atoms with Crippen LogP contribution in [0.15, 0.2) is 52.8 Å². The van der Waals surface area contributed by atoms with Gasteiger partial charge in [-0.05, 0) is 30.3 Å². The number of amides is 1. The molecule has 0 aliphatic heterocycles. The minimum atomic E-state index is -1.10. The number of carboxylic acids is 1. The number of carbonyl (C=O) groups excluding carboxylic acids is 1. The van der Waals surface area contributed by atoms with E-state index >= 15 is 0 Å². The second-order valence-corrected chi connectivity index (χ2v) is 4.07. The molecule has 0 saturated carbocycles. The second kappa shape index (κ2) is 6.21. The van der Waals surface area contributed by atoms with Crippen LogP contribution in [-0.2, 0) is 4.79 Å². The highest BCUT2D eigenvalue weighted by molar-refractivity contribution is 6.09. The highest BCUT2D eigenvalue weighted by atomic mass is 16.4. The number of nitrogens with one attached hydrogen (secondary N) is 1. The molecule has 0 aliphatic carbocycles. The lowest BCUT2D eigenvalue weighted by Gasteiger charge is -2.04. The molecule has 0 radical (unpaired) electrons. The van der Waals surface area contributed by atoms with E-state index in [1.54, 1.807) is 12.1 Å². The Bertz CT molecular complexity index is 739. The van der Waals surface area contributed by atoms with Crippen molar-refractivity contribution in [3.8, 4) is 6.07 Å². The van der Waals surface area contributed by atoms with Gasteiger partial charge in [0.2, 0.25) is 0 Å². The van der Waals surface area contributed by atoms with E-state index in [0.717, 1.165) is 0 Å². The van der Waals surface area contributed by atoms with Crippen molar-refractivity contribution in [2.45, 2.75) is 0 Å². The summed E-state index contributed by atoms with van der Waals surface area (Å²) in [4.78, 5) is 22.8. The SMILES string of the molecule is N#CC(=Cc1ccoc1)C(=O)Nc1cccc(C(=O)O)c1. The van der Waals surface area contributed by atoms with E-state index in [0.29, 0.717) is 11.3 Å². The van der Waals surface area contributed by atoms with Crippen LogP contribution in [0.2, 0.25) is 0 Å². The molecule has 21 heavy (non-hydrogen) atoms. The first kappa shape index (κ1) is 14.1. The summed E-state index contributed by atoms with van der Waals surface area (Å²) in [6, 6.07) is 9.16. The van der Waals surface area contributed by atoms with Crippen molar-refractivity contribution in [3.05, 3.63) is 59.6 Å². The minimum Gasteiger partial charge on any atom is -0.478 e. The summed E-state index contributed by atoms with van der Waals surface area (Å²) in [6.45, 7) is 0. The number of carbonyl (C=O) groups is 2.